The zero-order chi connectivity index (χ0) is 12.1. The molecule has 0 amide bonds. The van der Waals surface area contributed by atoms with Crippen molar-refractivity contribution < 1.29 is 15.0 Å². The highest BCUT2D eigenvalue weighted by molar-refractivity contribution is 6.75. The van der Waals surface area contributed by atoms with Gasteiger partial charge in [-0.2, -0.15) is 0 Å². The number of aliphatic hydroxyl groups is 1. The molecule has 0 heterocycles. The first-order valence-corrected chi connectivity index (χ1v) is 8.62. The molecule has 0 rings (SSSR count). The molecule has 0 spiro atoms. The highest BCUT2D eigenvalue weighted by Gasteiger charge is 2.37. The van der Waals surface area contributed by atoms with Gasteiger partial charge < -0.3 is 15.2 Å². The third-order valence-corrected chi connectivity index (χ3v) is 5.39. The maximum atomic E-state index is 11.0. The van der Waals surface area contributed by atoms with Crippen LogP contribution in [0.25, 0.3) is 0 Å². The molecule has 0 radical (unpaired) electrons. The lowest BCUT2D eigenvalue weighted by molar-refractivity contribution is -0.145. The SMILES string of the molecule is CCCC[Si](C)(C)NC(C)(CO)C(=O)O. The largest absolute Gasteiger partial charge is 0.480 e. The fourth-order valence-electron chi connectivity index (χ4n) is 1.59. The summed E-state index contributed by atoms with van der Waals surface area (Å²) in [7, 11) is -1.73. The summed E-state index contributed by atoms with van der Waals surface area (Å²) in [6.45, 7) is 7.48. The lowest BCUT2D eigenvalue weighted by Gasteiger charge is -2.34. The molecule has 4 nitrogen and oxygen atoms in total. The minimum Gasteiger partial charge on any atom is -0.480 e. The third kappa shape index (κ3) is 4.77. The fourth-order valence-corrected chi connectivity index (χ4v) is 4.63. The van der Waals surface area contributed by atoms with Gasteiger partial charge in [-0.05, 0) is 13.0 Å². The molecular formula is C10H23NO3Si. The number of carboxylic acids is 1. The maximum absolute atomic E-state index is 11.0. The Balaban J connectivity index is 4.46. The van der Waals surface area contributed by atoms with E-state index in [-0.39, 0.29) is 6.61 Å². The van der Waals surface area contributed by atoms with Crippen molar-refractivity contribution in [2.24, 2.45) is 0 Å². The molecule has 0 aromatic heterocycles. The average molecular weight is 233 g/mol. The van der Waals surface area contributed by atoms with Crippen molar-refractivity contribution in [1.29, 1.82) is 0 Å². The topological polar surface area (TPSA) is 69.6 Å². The highest BCUT2D eigenvalue weighted by atomic mass is 28.3. The van der Waals surface area contributed by atoms with Crippen molar-refractivity contribution in [3.63, 3.8) is 0 Å². The number of aliphatic hydroxyl groups excluding tert-OH is 1. The summed E-state index contributed by atoms with van der Waals surface area (Å²) in [5.74, 6) is -0.984. The number of carboxylic acid groups (broad SMARTS) is 1. The number of unbranched alkanes of at least 4 members (excludes halogenated alkanes) is 1. The van der Waals surface area contributed by atoms with Crippen molar-refractivity contribution in [2.45, 2.75) is 51.4 Å². The van der Waals surface area contributed by atoms with Gasteiger partial charge in [-0.3, -0.25) is 4.79 Å². The van der Waals surface area contributed by atoms with Gasteiger partial charge in [0.05, 0.1) is 6.61 Å². The Morgan fingerprint density at radius 3 is 2.33 bits per heavy atom. The molecular weight excluding hydrogens is 210 g/mol. The second kappa shape index (κ2) is 5.63. The van der Waals surface area contributed by atoms with Crippen molar-refractivity contribution in [3.05, 3.63) is 0 Å². The second-order valence-electron chi connectivity index (χ2n) is 4.91. The maximum Gasteiger partial charge on any atom is 0.325 e. The van der Waals surface area contributed by atoms with E-state index in [0.717, 1.165) is 18.9 Å². The van der Waals surface area contributed by atoms with Gasteiger partial charge in [0.1, 0.15) is 13.8 Å². The van der Waals surface area contributed by atoms with Gasteiger partial charge >= 0.3 is 5.97 Å². The zero-order valence-electron chi connectivity index (χ0n) is 10.1. The molecule has 1 atom stereocenters. The summed E-state index contributed by atoms with van der Waals surface area (Å²) in [4.78, 5) is 14.1. The number of hydrogen-bond donors (Lipinski definition) is 3. The molecule has 0 aromatic rings. The number of hydrogen-bond acceptors (Lipinski definition) is 3. The molecule has 0 bridgehead atoms. The molecule has 0 aliphatic heterocycles. The second-order valence-corrected chi connectivity index (χ2v) is 9.43. The molecule has 0 aromatic carbocycles. The Bertz CT molecular complexity index is 221. The van der Waals surface area contributed by atoms with Crippen molar-refractivity contribution >= 4 is 14.2 Å². The predicted octanol–water partition coefficient (Wildman–Crippen LogP) is 1.42. The molecule has 15 heavy (non-hydrogen) atoms. The predicted molar refractivity (Wildman–Crippen MR) is 63.5 cm³/mol. The summed E-state index contributed by atoms with van der Waals surface area (Å²) in [5, 5.41) is 18.1. The van der Waals surface area contributed by atoms with Gasteiger partial charge in [-0.25, -0.2) is 0 Å². The van der Waals surface area contributed by atoms with Gasteiger partial charge in [0.15, 0.2) is 0 Å². The van der Waals surface area contributed by atoms with Crippen LogP contribution in [0.3, 0.4) is 0 Å². The van der Waals surface area contributed by atoms with Crippen LogP contribution in [0.1, 0.15) is 26.7 Å². The van der Waals surface area contributed by atoms with Crippen LogP contribution >= 0.6 is 0 Å². The van der Waals surface area contributed by atoms with Crippen LogP contribution in [0.2, 0.25) is 19.1 Å². The summed E-state index contributed by atoms with van der Waals surface area (Å²) in [6.07, 6.45) is 2.22. The monoisotopic (exact) mass is 233 g/mol. The van der Waals surface area contributed by atoms with Crippen LogP contribution in [-0.2, 0) is 4.79 Å². The van der Waals surface area contributed by atoms with Gasteiger partial charge in [-0.15, -0.1) is 0 Å². The number of aliphatic carboxylic acids is 1. The van der Waals surface area contributed by atoms with Crippen LogP contribution in [0.5, 0.6) is 0 Å². The smallest absolute Gasteiger partial charge is 0.325 e. The first kappa shape index (κ1) is 14.6. The van der Waals surface area contributed by atoms with E-state index in [0.29, 0.717) is 0 Å². The van der Waals surface area contributed by atoms with Gasteiger partial charge in [0, 0.05) is 0 Å². The van der Waals surface area contributed by atoms with Crippen LogP contribution in [0, 0.1) is 0 Å². The first-order valence-electron chi connectivity index (χ1n) is 5.41. The standard InChI is InChI=1S/C10H23NO3Si/c1-5-6-7-15(3,4)11-10(2,8-12)9(13)14/h11-12H,5-8H2,1-4H3,(H,13,14). The van der Waals surface area contributed by atoms with E-state index in [1.165, 1.54) is 6.92 Å². The van der Waals surface area contributed by atoms with E-state index in [1.807, 2.05) is 0 Å². The van der Waals surface area contributed by atoms with E-state index < -0.39 is 19.7 Å². The Labute approximate surface area is 92.8 Å². The zero-order valence-corrected chi connectivity index (χ0v) is 11.1. The average Bonchev–Trinajstić information content (AvgIpc) is 2.13. The summed E-state index contributed by atoms with van der Waals surface area (Å²) in [6, 6.07) is 1.03. The van der Waals surface area contributed by atoms with Crippen molar-refractivity contribution in [2.75, 3.05) is 6.61 Å². The van der Waals surface area contributed by atoms with E-state index in [1.54, 1.807) is 0 Å². The number of carbonyl (C=O) groups is 1. The molecule has 5 heteroatoms. The Morgan fingerprint density at radius 2 is 2.00 bits per heavy atom. The van der Waals surface area contributed by atoms with E-state index >= 15 is 0 Å². The fraction of sp³-hybridized carbons (Fsp3) is 0.900. The Hall–Kier alpha value is -0.393. The van der Waals surface area contributed by atoms with Crippen LogP contribution in [0.4, 0.5) is 0 Å². The summed E-state index contributed by atoms with van der Waals surface area (Å²) < 4.78 is 0. The van der Waals surface area contributed by atoms with Crippen LogP contribution in [-0.4, -0.2) is 36.6 Å². The lowest BCUT2D eigenvalue weighted by atomic mass is 10.1. The lowest BCUT2D eigenvalue weighted by Crippen LogP contribution is -2.62. The number of rotatable bonds is 7. The molecule has 0 aliphatic carbocycles. The van der Waals surface area contributed by atoms with E-state index in [4.69, 9.17) is 10.2 Å². The summed E-state index contributed by atoms with van der Waals surface area (Å²) >= 11 is 0. The van der Waals surface area contributed by atoms with Gasteiger partial charge in [-0.1, -0.05) is 32.9 Å². The normalized spacial score (nSPS) is 16.1. The minimum atomic E-state index is -1.73. The molecule has 3 N–H and O–H groups in total. The molecule has 0 saturated carbocycles. The molecule has 0 saturated heterocycles. The molecule has 1 unspecified atom stereocenters. The minimum absolute atomic E-state index is 0.370. The van der Waals surface area contributed by atoms with E-state index in [2.05, 4.69) is 25.0 Å². The number of nitrogens with one attached hydrogen (secondary N) is 1. The highest BCUT2D eigenvalue weighted by Crippen LogP contribution is 2.15. The van der Waals surface area contributed by atoms with E-state index in [9.17, 15) is 4.79 Å². The quantitative estimate of drug-likeness (QED) is 0.582. The van der Waals surface area contributed by atoms with Crippen LogP contribution < -0.4 is 4.98 Å². The van der Waals surface area contributed by atoms with Gasteiger partial charge in [0.2, 0.25) is 0 Å². The van der Waals surface area contributed by atoms with Crippen molar-refractivity contribution in [3.8, 4) is 0 Å². The third-order valence-electron chi connectivity index (χ3n) is 2.56. The Kier molecular flexibility index (Phi) is 5.48. The first-order chi connectivity index (χ1) is 6.77. The van der Waals surface area contributed by atoms with Crippen molar-refractivity contribution in [1.82, 2.24) is 4.98 Å². The van der Waals surface area contributed by atoms with Gasteiger partial charge in [0.25, 0.3) is 0 Å². The molecule has 90 valence electrons. The Morgan fingerprint density at radius 1 is 1.47 bits per heavy atom. The summed E-state index contributed by atoms with van der Waals surface area (Å²) in [5.41, 5.74) is -1.19. The molecule has 0 aliphatic rings. The molecule has 0 fully saturated rings. The van der Waals surface area contributed by atoms with Crippen LogP contribution in [0.15, 0.2) is 0 Å².